The van der Waals surface area contributed by atoms with Crippen molar-refractivity contribution in [3.8, 4) is 0 Å². The predicted molar refractivity (Wildman–Crippen MR) is 125 cm³/mol. The van der Waals surface area contributed by atoms with Crippen LogP contribution in [0.5, 0.6) is 0 Å². The van der Waals surface area contributed by atoms with Gasteiger partial charge in [0.15, 0.2) is 0 Å². The summed E-state index contributed by atoms with van der Waals surface area (Å²) >= 11 is 0. The Balaban J connectivity index is 1.11. The van der Waals surface area contributed by atoms with Gasteiger partial charge >= 0.3 is 0 Å². The fourth-order valence-corrected chi connectivity index (χ4v) is 9.99. The number of anilines is 2. The third-order valence-electron chi connectivity index (χ3n) is 10.5. The summed E-state index contributed by atoms with van der Waals surface area (Å²) in [5, 5.41) is 6.59. The van der Waals surface area contributed by atoms with E-state index in [1.165, 1.54) is 38.5 Å². The summed E-state index contributed by atoms with van der Waals surface area (Å²) in [7, 11) is 0. The minimum Gasteiger partial charge on any atom is -0.324 e. The molecule has 0 aliphatic heterocycles. The summed E-state index contributed by atoms with van der Waals surface area (Å²) in [4.78, 5) is 27.2. The summed E-state index contributed by atoms with van der Waals surface area (Å²) < 4.78 is 0. The molecule has 1 aromatic rings. The number of carbonyl (C=O) groups excluding carboxylic acids is 2. The minimum atomic E-state index is -0.175. The lowest BCUT2D eigenvalue weighted by Gasteiger charge is -2.56. The molecule has 0 unspecified atom stereocenters. The topological polar surface area (TPSA) is 58.2 Å². The minimum absolute atomic E-state index is 0.175. The van der Waals surface area contributed by atoms with Crippen LogP contribution >= 0.6 is 0 Å². The van der Waals surface area contributed by atoms with Gasteiger partial charge in [-0.05, 0) is 125 Å². The lowest BCUT2D eigenvalue weighted by molar-refractivity contribution is -0.141. The molecular weight excluding hydrogens is 396 g/mol. The van der Waals surface area contributed by atoms with Crippen molar-refractivity contribution in [2.75, 3.05) is 10.6 Å². The lowest BCUT2D eigenvalue weighted by atomic mass is 9.49. The zero-order valence-electron chi connectivity index (χ0n) is 19.1. The van der Waals surface area contributed by atoms with Crippen LogP contribution in [0.1, 0.15) is 77.0 Å². The molecule has 0 radical (unpaired) electrons. The van der Waals surface area contributed by atoms with Gasteiger partial charge in [0.2, 0.25) is 11.8 Å². The summed E-state index contributed by atoms with van der Waals surface area (Å²) in [5.41, 5.74) is 1.22. The van der Waals surface area contributed by atoms with E-state index >= 15 is 0 Å². The molecule has 0 atom stereocenters. The molecule has 2 amide bonds. The van der Waals surface area contributed by atoms with Crippen molar-refractivity contribution in [2.45, 2.75) is 77.0 Å². The highest BCUT2D eigenvalue weighted by Gasteiger charge is 2.56. The summed E-state index contributed by atoms with van der Waals surface area (Å²) in [6.45, 7) is 0. The van der Waals surface area contributed by atoms with Gasteiger partial charge in [-0.3, -0.25) is 9.59 Å². The first-order valence-corrected chi connectivity index (χ1v) is 13.2. The van der Waals surface area contributed by atoms with E-state index in [1.807, 2.05) is 24.3 Å². The van der Waals surface area contributed by atoms with Gasteiger partial charge in [-0.25, -0.2) is 0 Å². The standard InChI is InChI=1S/C28H36N2O2/c31-25(27-11-17-5-18(12-27)7-19(6-17)13-27)29-23-3-1-2-4-24(23)30-26(32)28-14-20-8-21(15-28)10-22(9-20)16-28/h1-4,17-22H,5-16H2,(H,29,31)(H,30,32). The SMILES string of the molecule is O=C(Nc1ccccc1NC(=O)C12CC3CC(CC(C3)C1)C2)C12CC3CC(CC(C3)C1)C2. The molecule has 8 aliphatic rings. The highest BCUT2D eigenvalue weighted by molar-refractivity contribution is 6.03. The number of amides is 2. The van der Waals surface area contributed by atoms with Crippen LogP contribution in [-0.2, 0) is 9.59 Å². The fraction of sp³-hybridized carbons (Fsp3) is 0.714. The van der Waals surface area contributed by atoms with Crippen molar-refractivity contribution in [3.63, 3.8) is 0 Å². The largest absolute Gasteiger partial charge is 0.324 e. The Morgan fingerprint density at radius 2 is 0.844 bits per heavy atom. The van der Waals surface area contributed by atoms with Gasteiger partial charge in [-0.2, -0.15) is 0 Å². The third kappa shape index (κ3) is 3.00. The quantitative estimate of drug-likeness (QED) is 0.613. The van der Waals surface area contributed by atoms with E-state index in [2.05, 4.69) is 10.6 Å². The van der Waals surface area contributed by atoms with Crippen LogP contribution in [0, 0.1) is 46.3 Å². The van der Waals surface area contributed by atoms with Crippen molar-refractivity contribution < 1.29 is 9.59 Å². The second-order valence-corrected chi connectivity index (χ2v) is 12.8. The van der Waals surface area contributed by atoms with Crippen molar-refractivity contribution in [3.05, 3.63) is 24.3 Å². The summed E-state index contributed by atoms with van der Waals surface area (Å²) in [6, 6.07) is 7.87. The monoisotopic (exact) mass is 432 g/mol. The molecule has 0 heterocycles. The van der Waals surface area contributed by atoms with Gasteiger partial charge in [-0.1, -0.05) is 12.1 Å². The Morgan fingerprint density at radius 1 is 0.562 bits per heavy atom. The van der Waals surface area contributed by atoms with Crippen LogP contribution < -0.4 is 10.6 Å². The van der Waals surface area contributed by atoms with E-state index in [0.29, 0.717) is 0 Å². The maximum absolute atomic E-state index is 13.6. The molecular formula is C28H36N2O2. The van der Waals surface area contributed by atoms with Gasteiger partial charge in [0.1, 0.15) is 0 Å². The van der Waals surface area contributed by atoms with E-state index < -0.39 is 0 Å². The molecule has 0 spiro atoms. The van der Waals surface area contributed by atoms with Gasteiger partial charge in [0.25, 0.3) is 0 Å². The first kappa shape index (κ1) is 19.6. The highest BCUT2D eigenvalue weighted by atomic mass is 16.2. The molecule has 9 rings (SSSR count). The average Bonchev–Trinajstić information content (AvgIpc) is 2.73. The van der Waals surface area contributed by atoms with Crippen LogP contribution in [0.15, 0.2) is 24.3 Å². The van der Waals surface area contributed by atoms with Crippen LogP contribution in [0.2, 0.25) is 0 Å². The van der Waals surface area contributed by atoms with Crippen molar-refractivity contribution in [2.24, 2.45) is 46.3 Å². The summed E-state index contributed by atoms with van der Waals surface area (Å²) in [5.74, 6) is 4.89. The van der Waals surface area contributed by atoms with Crippen LogP contribution in [0.3, 0.4) is 0 Å². The van der Waals surface area contributed by atoms with Gasteiger partial charge < -0.3 is 10.6 Å². The summed E-state index contributed by atoms with van der Waals surface area (Å²) in [6.07, 6.45) is 14.4. The molecule has 4 nitrogen and oxygen atoms in total. The Bertz CT molecular complexity index is 818. The van der Waals surface area contributed by atoms with E-state index in [1.54, 1.807) is 0 Å². The number of nitrogens with one attached hydrogen (secondary N) is 2. The zero-order valence-corrected chi connectivity index (χ0v) is 19.1. The molecule has 8 fully saturated rings. The van der Waals surface area contributed by atoms with Crippen LogP contribution in [-0.4, -0.2) is 11.8 Å². The average molecular weight is 433 g/mol. The predicted octanol–water partition coefficient (Wildman–Crippen LogP) is 6.00. The number of carbonyl (C=O) groups is 2. The normalized spacial score (nSPS) is 45.1. The fourth-order valence-electron chi connectivity index (χ4n) is 9.99. The molecule has 0 aromatic heterocycles. The van der Waals surface area contributed by atoms with Crippen molar-refractivity contribution >= 4 is 23.2 Å². The Morgan fingerprint density at radius 3 is 1.12 bits per heavy atom. The van der Waals surface area contributed by atoms with E-state index in [9.17, 15) is 9.59 Å². The second-order valence-electron chi connectivity index (χ2n) is 12.8. The molecule has 1 aromatic carbocycles. The second kappa shape index (κ2) is 6.84. The van der Waals surface area contributed by atoms with Crippen molar-refractivity contribution in [1.82, 2.24) is 0 Å². The number of hydrogen-bond donors (Lipinski definition) is 2. The molecule has 0 saturated heterocycles. The Labute approximate surface area is 191 Å². The molecule has 4 heteroatoms. The molecule has 8 saturated carbocycles. The van der Waals surface area contributed by atoms with Gasteiger partial charge in [0, 0.05) is 0 Å². The first-order chi connectivity index (χ1) is 15.5. The molecule has 8 bridgehead atoms. The third-order valence-corrected chi connectivity index (χ3v) is 10.5. The zero-order chi connectivity index (χ0) is 21.5. The molecule has 32 heavy (non-hydrogen) atoms. The van der Waals surface area contributed by atoms with Crippen LogP contribution in [0.4, 0.5) is 11.4 Å². The van der Waals surface area contributed by atoms with E-state index in [4.69, 9.17) is 0 Å². The van der Waals surface area contributed by atoms with Crippen LogP contribution in [0.25, 0.3) is 0 Å². The van der Waals surface area contributed by atoms with E-state index in [-0.39, 0.29) is 22.6 Å². The number of benzene rings is 1. The van der Waals surface area contributed by atoms with Gasteiger partial charge in [-0.15, -0.1) is 0 Å². The lowest BCUT2D eigenvalue weighted by Crippen LogP contribution is -2.52. The molecule has 2 N–H and O–H groups in total. The molecule has 170 valence electrons. The van der Waals surface area contributed by atoms with Gasteiger partial charge in [0.05, 0.1) is 22.2 Å². The first-order valence-electron chi connectivity index (χ1n) is 13.2. The number of para-hydroxylation sites is 2. The Kier molecular flexibility index (Phi) is 4.19. The Hall–Kier alpha value is -1.84. The number of rotatable bonds is 4. The maximum atomic E-state index is 13.6. The maximum Gasteiger partial charge on any atom is 0.230 e. The van der Waals surface area contributed by atoms with E-state index in [0.717, 1.165) is 85.4 Å². The smallest absolute Gasteiger partial charge is 0.230 e. The highest BCUT2D eigenvalue weighted by Crippen LogP contribution is 2.61. The van der Waals surface area contributed by atoms with Crippen molar-refractivity contribution in [1.29, 1.82) is 0 Å². The number of hydrogen-bond acceptors (Lipinski definition) is 2. The molecule has 8 aliphatic carbocycles.